The van der Waals surface area contributed by atoms with Crippen LogP contribution in [0.3, 0.4) is 0 Å². The Morgan fingerprint density at radius 3 is 2.92 bits per heavy atom. The molecule has 0 spiro atoms. The van der Waals surface area contributed by atoms with Crippen LogP contribution in [0.2, 0.25) is 0 Å². The number of benzene rings is 1. The molecule has 0 N–H and O–H groups in total. The lowest BCUT2D eigenvalue weighted by atomic mass is 9.76. The zero-order chi connectivity index (χ0) is 17.5. The maximum absolute atomic E-state index is 12.3. The molecular weight excluding hydrogens is 342 g/mol. The molecule has 5 heteroatoms. The minimum absolute atomic E-state index is 0.399. The van der Waals surface area contributed by atoms with Crippen molar-refractivity contribution in [1.29, 1.82) is 0 Å². The second-order valence-corrected chi connectivity index (χ2v) is 8.93. The molecule has 1 aromatic heterocycles. The van der Waals surface area contributed by atoms with Gasteiger partial charge in [-0.2, -0.15) is 0 Å². The number of thiazole rings is 1. The Labute approximate surface area is 158 Å². The molecule has 1 amide bonds. The SMILES string of the molecule is O=C1CCC[C@H]2[C@H]3C[C@@H](CN(Cc4csc(-c5ccccc5)n4)C3)CN12. The van der Waals surface area contributed by atoms with E-state index in [0.29, 0.717) is 23.8 Å². The molecule has 2 bridgehead atoms. The van der Waals surface area contributed by atoms with E-state index < -0.39 is 0 Å². The van der Waals surface area contributed by atoms with Gasteiger partial charge in [0.05, 0.1) is 5.69 Å². The molecule has 3 aliphatic rings. The van der Waals surface area contributed by atoms with Crippen molar-refractivity contribution in [2.24, 2.45) is 11.8 Å². The second-order valence-electron chi connectivity index (χ2n) is 8.07. The van der Waals surface area contributed by atoms with E-state index in [1.807, 2.05) is 6.07 Å². The number of aromatic nitrogens is 1. The number of likely N-dealkylation sites (tertiary alicyclic amines) is 1. The molecule has 26 heavy (non-hydrogen) atoms. The van der Waals surface area contributed by atoms with Gasteiger partial charge < -0.3 is 4.90 Å². The lowest BCUT2D eigenvalue weighted by Crippen LogP contribution is -2.60. The van der Waals surface area contributed by atoms with Gasteiger partial charge in [-0.05, 0) is 31.1 Å². The molecule has 2 aromatic rings. The van der Waals surface area contributed by atoms with Gasteiger partial charge in [0, 0.05) is 49.6 Å². The Morgan fingerprint density at radius 2 is 2.04 bits per heavy atom. The molecule has 5 rings (SSSR count). The molecule has 4 heterocycles. The van der Waals surface area contributed by atoms with E-state index in [9.17, 15) is 4.79 Å². The zero-order valence-electron chi connectivity index (χ0n) is 15.0. The van der Waals surface area contributed by atoms with E-state index in [-0.39, 0.29) is 0 Å². The summed E-state index contributed by atoms with van der Waals surface area (Å²) in [5, 5.41) is 3.32. The topological polar surface area (TPSA) is 36.4 Å². The molecular formula is C21H25N3OS. The van der Waals surface area contributed by atoms with Gasteiger partial charge in [-0.3, -0.25) is 9.69 Å². The van der Waals surface area contributed by atoms with E-state index >= 15 is 0 Å². The zero-order valence-corrected chi connectivity index (χ0v) is 15.8. The highest BCUT2D eigenvalue weighted by molar-refractivity contribution is 7.13. The maximum atomic E-state index is 12.3. The third-order valence-corrected chi connectivity index (χ3v) is 7.15. The van der Waals surface area contributed by atoms with Crippen molar-refractivity contribution in [3.63, 3.8) is 0 Å². The predicted molar refractivity (Wildman–Crippen MR) is 104 cm³/mol. The molecule has 3 aliphatic heterocycles. The summed E-state index contributed by atoms with van der Waals surface area (Å²) in [5.41, 5.74) is 2.39. The van der Waals surface area contributed by atoms with Crippen molar-refractivity contribution in [2.75, 3.05) is 19.6 Å². The van der Waals surface area contributed by atoms with E-state index in [4.69, 9.17) is 4.98 Å². The molecule has 1 aromatic carbocycles. The summed E-state index contributed by atoms with van der Waals surface area (Å²) in [6, 6.07) is 10.9. The Kier molecular flexibility index (Phi) is 4.29. The van der Waals surface area contributed by atoms with Crippen molar-refractivity contribution in [2.45, 2.75) is 38.3 Å². The van der Waals surface area contributed by atoms with Gasteiger partial charge in [-0.15, -0.1) is 11.3 Å². The molecule has 3 saturated heterocycles. The first-order valence-corrected chi connectivity index (χ1v) is 10.7. The quantitative estimate of drug-likeness (QED) is 0.831. The van der Waals surface area contributed by atoms with Crippen LogP contribution in [-0.4, -0.2) is 46.4 Å². The summed E-state index contributed by atoms with van der Waals surface area (Å²) in [6.45, 7) is 4.13. The fourth-order valence-corrected chi connectivity index (χ4v) is 5.98. The average Bonchev–Trinajstić information content (AvgIpc) is 3.12. The van der Waals surface area contributed by atoms with E-state index in [1.54, 1.807) is 11.3 Å². The third kappa shape index (κ3) is 3.08. The van der Waals surface area contributed by atoms with Crippen molar-refractivity contribution < 1.29 is 4.79 Å². The van der Waals surface area contributed by atoms with Crippen molar-refractivity contribution in [3.05, 3.63) is 41.4 Å². The van der Waals surface area contributed by atoms with Crippen molar-refractivity contribution >= 4 is 17.2 Å². The maximum Gasteiger partial charge on any atom is 0.222 e. The van der Waals surface area contributed by atoms with Gasteiger partial charge in [0.1, 0.15) is 5.01 Å². The lowest BCUT2D eigenvalue weighted by Gasteiger charge is -2.52. The summed E-state index contributed by atoms with van der Waals surface area (Å²) in [6.07, 6.45) is 4.34. The standard InChI is InChI=1S/C21H25N3OS/c25-20-8-4-7-19-17-9-15(11-24(19)20)10-23(12-17)13-18-14-26-21(22-18)16-5-2-1-3-6-16/h1-3,5-6,14-15,17,19H,4,7-13H2/t15-,17-,19-/m0/s1. The highest BCUT2D eigenvalue weighted by Crippen LogP contribution is 2.38. The summed E-state index contributed by atoms with van der Waals surface area (Å²) < 4.78 is 0. The first-order chi connectivity index (χ1) is 12.8. The Morgan fingerprint density at radius 1 is 1.15 bits per heavy atom. The minimum Gasteiger partial charge on any atom is -0.339 e. The number of hydrogen-bond donors (Lipinski definition) is 0. The highest BCUT2D eigenvalue weighted by Gasteiger charge is 2.43. The first kappa shape index (κ1) is 16.5. The lowest BCUT2D eigenvalue weighted by molar-refractivity contribution is -0.145. The minimum atomic E-state index is 0.399. The van der Waals surface area contributed by atoms with Crippen molar-refractivity contribution in [1.82, 2.24) is 14.8 Å². The summed E-state index contributed by atoms with van der Waals surface area (Å²) >= 11 is 1.74. The first-order valence-electron chi connectivity index (χ1n) is 9.78. The monoisotopic (exact) mass is 367 g/mol. The van der Waals surface area contributed by atoms with Crippen molar-refractivity contribution in [3.8, 4) is 10.6 Å². The molecule has 0 radical (unpaired) electrons. The highest BCUT2D eigenvalue weighted by atomic mass is 32.1. The van der Waals surface area contributed by atoms with Gasteiger partial charge in [0.15, 0.2) is 0 Å². The van der Waals surface area contributed by atoms with Crippen LogP contribution in [-0.2, 0) is 11.3 Å². The number of nitrogens with zero attached hydrogens (tertiary/aromatic N) is 3. The second kappa shape index (κ2) is 6.78. The summed E-state index contributed by atoms with van der Waals surface area (Å²) in [4.78, 5) is 21.9. The van der Waals surface area contributed by atoms with Crippen LogP contribution in [0.1, 0.15) is 31.4 Å². The Bertz CT molecular complexity index is 790. The van der Waals surface area contributed by atoms with Crippen LogP contribution in [0, 0.1) is 11.8 Å². The number of carbonyl (C=O) groups excluding carboxylic acids is 1. The van der Waals surface area contributed by atoms with E-state index in [0.717, 1.165) is 44.0 Å². The van der Waals surface area contributed by atoms with E-state index in [1.165, 1.54) is 24.1 Å². The number of amides is 1. The molecule has 3 fully saturated rings. The Hall–Kier alpha value is -1.72. The number of piperidine rings is 3. The molecule has 3 atom stereocenters. The number of carbonyl (C=O) groups is 1. The fraction of sp³-hybridized carbons (Fsp3) is 0.524. The smallest absolute Gasteiger partial charge is 0.222 e. The van der Waals surface area contributed by atoms with Crippen LogP contribution in [0.25, 0.3) is 10.6 Å². The normalized spacial score (nSPS) is 28.8. The van der Waals surface area contributed by atoms with Gasteiger partial charge in [-0.25, -0.2) is 4.98 Å². The van der Waals surface area contributed by atoms with Crippen LogP contribution in [0.4, 0.5) is 0 Å². The molecule has 0 saturated carbocycles. The number of fused-ring (bicyclic) bond motifs is 4. The molecule has 136 valence electrons. The van der Waals surface area contributed by atoms with Crippen LogP contribution in [0.5, 0.6) is 0 Å². The number of hydrogen-bond acceptors (Lipinski definition) is 4. The summed E-state index contributed by atoms with van der Waals surface area (Å²) in [5.74, 6) is 1.69. The van der Waals surface area contributed by atoms with Crippen LogP contribution in [0.15, 0.2) is 35.7 Å². The Balaban J connectivity index is 1.28. The van der Waals surface area contributed by atoms with Gasteiger partial charge in [-0.1, -0.05) is 30.3 Å². The molecule has 0 aliphatic carbocycles. The average molecular weight is 368 g/mol. The van der Waals surface area contributed by atoms with Crippen LogP contribution < -0.4 is 0 Å². The van der Waals surface area contributed by atoms with Gasteiger partial charge >= 0.3 is 0 Å². The molecule has 0 unspecified atom stereocenters. The summed E-state index contributed by atoms with van der Waals surface area (Å²) in [7, 11) is 0. The third-order valence-electron chi connectivity index (χ3n) is 6.21. The van der Waals surface area contributed by atoms with E-state index in [2.05, 4.69) is 39.4 Å². The predicted octanol–water partition coefficient (Wildman–Crippen LogP) is 3.64. The van der Waals surface area contributed by atoms with Gasteiger partial charge in [0.25, 0.3) is 0 Å². The molecule has 4 nitrogen and oxygen atoms in total. The fourth-order valence-electron chi connectivity index (χ4n) is 5.16. The number of rotatable bonds is 3. The largest absolute Gasteiger partial charge is 0.339 e. The van der Waals surface area contributed by atoms with Gasteiger partial charge in [0.2, 0.25) is 5.91 Å². The van der Waals surface area contributed by atoms with Crippen LogP contribution >= 0.6 is 11.3 Å².